The summed E-state index contributed by atoms with van der Waals surface area (Å²) >= 11 is 0. The zero-order chi connectivity index (χ0) is 21.3. The third kappa shape index (κ3) is 7.78. The van der Waals surface area contributed by atoms with E-state index in [-0.39, 0.29) is 11.7 Å². The quantitative estimate of drug-likeness (QED) is 0.523. The number of hydrogen-bond donors (Lipinski definition) is 2. The van der Waals surface area contributed by atoms with Gasteiger partial charge in [-0.2, -0.15) is 0 Å². The Kier molecular flexibility index (Phi) is 7.95. The molecular formula is C23H28N2O4. The molecule has 0 heterocycles. The number of hydrogen-bond acceptors (Lipinski definition) is 4. The van der Waals surface area contributed by atoms with Crippen molar-refractivity contribution in [2.24, 2.45) is 0 Å². The van der Waals surface area contributed by atoms with Crippen molar-refractivity contribution in [2.75, 3.05) is 13.1 Å². The highest BCUT2D eigenvalue weighted by Gasteiger charge is 2.15. The molecule has 0 bridgehead atoms. The Balaban J connectivity index is 1.70. The lowest BCUT2D eigenvalue weighted by Crippen LogP contribution is -2.33. The second kappa shape index (κ2) is 10.4. The Bertz CT molecular complexity index is 824. The van der Waals surface area contributed by atoms with Gasteiger partial charge in [0.15, 0.2) is 5.78 Å². The maximum atomic E-state index is 12.4. The van der Waals surface area contributed by atoms with E-state index in [1.165, 1.54) is 0 Å². The third-order valence-electron chi connectivity index (χ3n) is 4.00. The molecule has 0 saturated carbocycles. The monoisotopic (exact) mass is 396 g/mol. The average Bonchev–Trinajstić information content (AvgIpc) is 2.69. The molecule has 154 valence electrons. The number of unbranched alkanes of at least 4 members (excludes halogenated alkanes) is 1. The fourth-order valence-corrected chi connectivity index (χ4v) is 2.59. The van der Waals surface area contributed by atoms with Gasteiger partial charge >= 0.3 is 6.09 Å². The summed E-state index contributed by atoms with van der Waals surface area (Å²) in [6, 6.07) is 15.6. The molecule has 0 spiro atoms. The second-order valence-electron chi connectivity index (χ2n) is 7.66. The summed E-state index contributed by atoms with van der Waals surface area (Å²) in [6.45, 7) is 6.42. The standard InChI is InChI=1S/C23H28N2O4/c1-23(2,3)29-22(28)25-16-8-7-15-24-21(27)19-13-11-18(12-14-19)20(26)17-9-5-4-6-10-17/h4-6,9-14H,7-8,15-16H2,1-3H3,(H,24,27)(H,25,28). The van der Waals surface area contributed by atoms with Crippen LogP contribution < -0.4 is 10.6 Å². The summed E-state index contributed by atoms with van der Waals surface area (Å²) in [4.78, 5) is 36.1. The highest BCUT2D eigenvalue weighted by molar-refractivity contribution is 6.09. The van der Waals surface area contributed by atoms with Gasteiger partial charge in [0, 0.05) is 29.8 Å². The summed E-state index contributed by atoms with van der Waals surface area (Å²) in [5.74, 6) is -0.265. The van der Waals surface area contributed by atoms with E-state index in [9.17, 15) is 14.4 Å². The summed E-state index contributed by atoms with van der Waals surface area (Å²) in [5.41, 5.74) is 1.14. The highest BCUT2D eigenvalue weighted by atomic mass is 16.6. The van der Waals surface area contributed by atoms with Gasteiger partial charge in [0.25, 0.3) is 5.91 Å². The minimum absolute atomic E-state index is 0.0740. The normalized spacial score (nSPS) is 10.9. The first-order chi connectivity index (χ1) is 13.8. The molecule has 2 N–H and O–H groups in total. The van der Waals surface area contributed by atoms with Crippen LogP contribution >= 0.6 is 0 Å². The highest BCUT2D eigenvalue weighted by Crippen LogP contribution is 2.11. The largest absolute Gasteiger partial charge is 0.444 e. The van der Waals surface area contributed by atoms with Crippen LogP contribution in [0, 0.1) is 0 Å². The van der Waals surface area contributed by atoms with E-state index in [2.05, 4.69) is 10.6 Å². The number of carbonyl (C=O) groups is 3. The first-order valence-electron chi connectivity index (χ1n) is 9.71. The molecule has 0 unspecified atom stereocenters. The summed E-state index contributed by atoms with van der Waals surface area (Å²) < 4.78 is 5.15. The number of benzene rings is 2. The molecule has 0 radical (unpaired) electrons. The molecule has 0 aliphatic rings. The number of ketones is 1. The molecule has 0 aromatic heterocycles. The molecule has 0 atom stereocenters. The zero-order valence-corrected chi connectivity index (χ0v) is 17.2. The van der Waals surface area contributed by atoms with Crippen LogP contribution in [0.3, 0.4) is 0 Å². The summed E-state index contributed by atoms with van der Waals surface area (Å²) in [6.07, 6.45) is 1.02. The van der Waals surface area contributed by atoms with Gasteiger partial charge in [0.1, 0.15) is 5.60 Å². The van der Waals surface area contributed by atoms with E-state index < -0.39 is 11.7 Å². The third-order valence-corrected chi connectivity index (χ3v) is 4.00. The number of rotatable bonds is 8. The summed E-state index contributed by atoms with van der Waals surface area (Å²) in [7, 11) is 0. The number of carbonyl (C=O) groups excluding carboxylic acids is 3. The predicted octanol–water partition coefficient (Wildman–Crippen LogP) is 3.95. The van der Waals surface area contributed by atoms with Gasteiger partial charge in [-0.05, 0) is 45.7 Å². The maximum absolute atomic E-state index is 12.4. The molecule has 2 rings (SSSR count). The van der Waals surface area contributed by atoms with Gasteiger partial charge in [-0.25, -0.2) is 4.79 Å². The topological polar surface area (TPSA) is 84.5 Å². The number of ether oxygens (including phenoxy) is 1. The molecule has 29 heavy (non-hydrogen) atoms. The molecule has 2 amide bonds. The van der Waals surface area contributed by atoms with Gasteiger partial charge in [-0.15, -0.1) is 0 Å². The number of nitrogens with one attached hydrogen (secondary N) is 2. The Hall–Kier alpha value is -3.15. The van der Waals surface area contributed by atoms with Crippen molar-refractivity contribution in [3.63, 3.8) is 0 Å². The fraction of sp³-hybridized carbons (Fsp3) is 0.348. The molecule has 6 heteroatoms. The van der Waals surface area contributed by atoms with E-state index in [1.54, 1.807) is 36.4 Å². The van der Waals surface area contributed by atoms with E-state index in [0.29, 0.717) is 29.8 Å². The van der Waals surface area contributed by atoms with Gasteiger partial charge in [0.2, 0.25) is 0 Å². The van der Waals surface area contributed by atoms with Crippen molar-refractivity contribution in [3.8, 4) is 0 Å². The lowest BCUT2D eigenvalue weighted by Gasteiger charge is -2.19. The van der Waals surface area contributed by atoms with Gasteiger partial charge in [-0.1, -0.05) is 42.5 Å². The lowest BCUT2D eigenvalue weighted by molar-refractivity contribution is 0.0526. The molecule has 2 aromatic rings. The van der Waals surface area contributed by atoms with Crippen LogP contribution in [-0.2, 0) is 4.74 Å². The zero-order valence-electron chi connectivity index (χ0n) is 17.2. The molecule has 0 fully saturated rings. The van der Waals surface area contributed by atoms with Crippen LogP contribution in [0.15, 0.2) is 54.6 Å². The minimum Gasteiger partial charge on any atom is -0.444 e. The molecule has 6 nitrogen and oxygen atoms in total. The smallest absolute Gasteiger partial charge is 0.407 e. The molecule has 2 aromatic carbocycles. The Morgan fingerprint density at radius 1 is 0.759 bits per heavy atom. The van der Waals surface area contributed by atoms with Crippen LogP contribution in [0.25, 0.3) is 0 Å². The molecule has 0 aliphatic carbocycles. The summed E-state index contributed by atoms with van der Waals surface area (Å²) in [5, 5.41) is 5.52. The Morgan fingerprint density at radius 3 is 1.86 bits per heavy atom. The van der Waals surface area contributed by atoms with Crippen molar-refractivity contribution in [2.45, 2.75) is 39.2 Å². The Morgan fingerprint density at radius 2 is 1.28 bits per heavy atom. The molecule has 0 aliphatic heterocycles. The lowest BCUT2D eigenvalue weighted by atomic mass is 10.0. The van der Waals surface area contributed by atoms with Gasteiger partial charge in [0.05, 0.1) is 0 Å². The van der Waals surface area contributed by atoms with Crippen molar-refractivity contribution in [1.29, 1.82) is 0 Å². The Labute approximate surface area is 171 Å². The van der Waals surface area contributed by atoms with Crippen molar-refractivity contribution in [3.05, 3.63) is 71.3 Å². The van der Waals surface area contributed by atoms with Crippen LogP contribution in [0.5, 0.6) is 0 Å². The van der Waals surface area contributed by atoms with Crippen molar-refractivity contribution in [1.82, 2.24) is 10.6 Å². The first kappa shape index (κ1) is 22.1. The van der Waals surface area contributed by atoms with Gasteiger partial charge < -0.3 is 15.4 Å². The van der Waals surface area contributed by atoms with Crippen molar-refractivity contribution >= 4 is 17.8 Å². The second-order valence-corrected chi connectivity index (χ2v) is 7.66. The van der Waals surface area contributed by atoms with E-state index in [4.69, 9.17) is 4.74 Å². The SMILES string of the molecule is CC(C)(C)OC(=O)NCCCCNC(=O)c1ccc(C(=O)c2ccccc2)cc1. The number of alkyl carbamates (subject to hydrolysis) is 1. The van der Waals surface area contributed by atoms with E-state index >= 15 is 0 Å². The van der Waals surface area contributed by atoms with Crippen LogP contribution in [0.4, 0.5) is 4.79 Å². The minimum atomic E-state index is -0.515. The maximum Gasteiger partial charge on any atom is 0.407 e. The van der Waals surface area contributed by atoms with E-state index in [1.807, 2.05) is 39.0 Å². The van der Waals surface area contributed by atoms with Crippen LogP contribution in [0.1, 0.15) is 59.9 Å². The van der Waals surface area contributed by atoms with Crippen LogP contribution in [0.2, 0.25) is 0 Å². The molecule has 0 saturated heterocycles. The van der Waals surface area contributed by atoms with Crippen LogP contribution in [-0.4, -0.2) is 36.5 Å². The fourth-order valence-electron chi connectivity index (χ4n) is 2.59. The molecular weight excluding hydrogens is 368 g/mol. The number of amides is 2. The first-order valence-corrected chi connectivity index (χ1v) is 9.71. The van der Waals surface area contributed by atoms with Gasteiger partial charge in [-0.3, -0.25) is 9.59 Å². The van der Waals surface area contributed by atoms with Crippen molar-refractivity contribution < 1.29 is 19.1 Å². The average molecular weight is 396 g/mol. The predicted molar refractivity (Wildman–Crippen MR) is 112 cm³/mol. The van der Waals surface area contributed by atoms with E-state index in [0.717, 1.165) is 12.8 Å².